The van der Waals surface area contributed by atoms with Gasteiger partial charge in [0.2, 0.25) is 0 Å². The molecular formula is C22H32O8S. The molecule has 0 atom stereocenters. The van der Waals surface area contributed by atoms with E-state index >= 15 is 0 Å². The van der Waals surface area contributed by atoms with Crippen LogP contribution in [0.15, 0.2) is 12.1 Å². The lowest BCUT2D eigenvalue weighted by Gasteiger charge is -2.16. The van der Waals surface area contributed by atoms with Crippen LogP contribution in [0.4, 0.5) is 0 Å². The van der Waals surface area contributed by atoms with E-state index in [1.54, 1.807) is 33.9 Å². The van der Waals surface area contributed by atoms with Crippen LogP contribution < -0.4 is 23.1 Å². The topological polar surface area (TPSA) is 101 Å². The quantitative estimate of drug-likeness (QED) is 0.622. The zero-order chi connectivity index (χ0) is 23.9. The van der Waals surface area contributed by atoms with Crippen molar-refractivity contribution in [2.24, 2.45) is 0 Å². The van der Waals surface area contributed by atoms with E-state index in [2.05, 4.69) is 0 Å². The maximum Gasteiger partial charge on any atom is 0.306 e. The number of aryl methyl sites for hydroxylation is 2. The van der Waals surface area contributed by atoms with Gasteiger partial charge in [0.25, 0.3) is 0 Å². The van der Waals surface area contributed by atoms with Gasteiger partial charge in [-0.15, -0.1) is 0 Å². The number of phenols is 1. The molecule has 0 spiro atoms. The molecule has 174 valence electrons. The number of phenolic OH excluding ortho intramolecular Hbond substituents is 1. The Balaban J connectivity index is 0.000000316. The Morgan fingerprint density at radius 1 is 0.806 bits per heavy atom. The van der Waals surface area contributed by atoms with E-state index in [1.165, 1.54) is 14.2 Å². The number of hydrogen-bond donors (Lipinski definition) is 1. The Morgan fingerprint density at radius 3 is 1.71 bits per heavy atom. The van der Waals surface area contributed by atoms with Gasteiger partial charge in [-0.05, 0) is 57.9 Å². The molecule has 2 rings (SSSR count). The fourth-order valence-corrected chi connectivity index (χ4v) is 3.44. The van der Waals surface area contributed by atoms with Crippen molar-refractivity contribution < 1.29 is 36.7 Å². The minimum Gasteiger partial charge on any atom is -0.504 e. The molecule has 0 fully saturated rings. The maximum absolute atomic E-state index is 11.2. The zero-order valence-corrected chi connectivity index (χ0v) is 20.4. The molecule has 2 aromatic rings. The van der Waals surface area contributed by atoms with E-state index in [1.807, 2.05) is 19.9 Å². The number of ether oxygens (including phenoxy) is 4. The summed E-state index contributed by atoms with van der Waals surface area (Å²) in [6, 6.07) is 3.63. The lowest BCUT2D eigenvalue weighted by Crippen LogP contribution is -2.09. The van der Waals surface area contributed by atoms with Crippen LogP contribution in [0, 0.1) is 27.7 Å². The van der Waals surface area contributed by atoms with Crippen LogP contribution in [-0.4, -0.2) is 47.7 Å². The second-order valence-corrected chi connectivity index (χ2v) is 8.38. The third-order valence-electron chi connectivity index (χ3n) is 4.44. The predicted octanol–water partition coefficient (Wildman–Crippen LogP) is 4.08. The van der Waals surface area contributed by atoms with Crippen molar-refractivity contribution in [3.8, 4) is 34.5 Å². The minimum atomic E-state index is -3.61. The second kappa shape index (κ2) is 11.0. The van der Waals surface area contributed by atoms with Crippen molar-refractivity contribution in [2.75, 3.05) is 34.2 Å². The first-order valence-electron chi connectivity index (χ1n) is 9.53. The molecule has 0 saturated carbocycles. The Hall–Kier alpha value is -2.81. The van der Waals surface area contributed by atoms with Crippen LogP contribution in [0.25, 0.3) is 0 Å². The van der Waals surface area contributed by atoms with Gasteiger partial charge in [-0.3, -0.25) is 0 Å². The molecule has 1 N–H and O–H groups in total. The summed E-state index contributed by atoms with van der Waals surface area (Å²) in [5.41, 5.74) is 2.92. The minimum absolute atomic E-state index is 0.170. The van der Waals surface area contributed by atoms with Crippen LogP contribution in [0.2, 0.25) is 0 Å². The van der Waals surface area contributed by atoms with E-state index < -0.39 is 10.1 Å². The summed E-state index contributed by atoms with van der Waals surface area (Å²) in [4.78, 5) is 0. The molecular weight excluding hydrogens is 424 g/mol. The Morgan fingerprint density at radius 2 is 1.29 bits per heavy atom. The number of benzene rings is 2. The van der Waals surface area contributed by atoms with Gasteiger partial charge in [-0.25, -0.2) is 0 Å². The largest absolute Gasteiger partial charge is 0.504 e. The number of hydrogen-bond acceptors (Lipinski definition) is 8. The first-order valence-corrected chi connectivity index (χ1v) is 11.3. The Labute approximate surface area is 184 Å². The van der Waals surface area contributed by atoms with Crippen LogP contribution in [0.3, 0.4) is 0 Å². The van der Waals surface area contributed by atoms with Crippen LogP contribution in [0.5, 0.6) is 34.5 Å². The van der Waals surface area contributed by atoms with E-state index in [0.717, 1.165) is 17.4 Å². The highest BCUT2D eigenvalue weighted by atomic mass is 32.2. The van der Waals surface area contributed by atoms with Gasteiger partial charge >= 0.3 is 10.1 Å². The van der Waals surface area contributed by atoms with E-state index in [-0.39, 0.29) is 11.5 Å². The summed E-state index contributed by atoms with van der Waals surface area (Å²) in [5, 5.41) is 9.82. The zero-order valence-electron chi connectivity index (χ0n) is 19.6. The van der Waals surface area contributed by atoms with Crippen LogP contribution in [0.1, 0.15) is 29.2 Å². The highest BCUT2D eigenvalue weighted by Gasteiger charge is 2.19. The van der Waals surface area contributed by atoms with E-state index in [4.69, 9.17) is 23.1 Å². The smallest absolute Gasteiger partial charge is 0.306 e. The summed E-state index contributed by atoms with van der Waals surface area (Å²) in [5.74, 6) is 2.53. The SMILES string of the molecule is CCOc1c(C)cc(OC)c(C)c1O.COc1cc(C)c(OC)c(OS(C)(=O)=O)c1C. The summed E-state index contributed by atoms with van der Waals surface area (Å²) >= 11 is 0. The molecule has 0 aromatic heterocycles. The van der Waals surface area contributed by atoms with Crippen molar-refractivity contribution >= 4 is 10.1 Å². The molecule has 0 unspecified atom stereocenters. The number of methoxy groups -OCH3 is 3. The van der Waals surface area contributed by atoms with Crippen LogP contribution in [-0.2, 0) is 10.1 Å². The van der Waals surface area contributed by atoms with E-state index in [0.29, 0.717) is 40.7 Å². The molecule has 0 radical (unpaired) electrons. The summed E-state index contributed by atoms with van der Waals surface area (Å²) in [7, 11) is 0.949. The van der Waals surface area contributed by atoms with Gasteiger partial charge in [0, 0.05) is 11.1 Å². The maximum atomic E-state index is 11.2. The normalized spacial score (nSPS) is 10.6. The number of aromatic hydroxyl groups is 1. The van der Waals surface area contributed by atoms with Crippen molar-refractivity contribution in [3.05, 3.63) is 34.4 Å². The molecule has 0 aliphatic rings. The van der Waals surface area contributed by atoms with E-state index in [9.17, 15) is 13.5 Å². The Kier molecular flexibility index (Phi) is 9.30. The summed E-state index contributed by atoms with van der Waals surface area (Å²) in [6.07, 6.45) is 0.987. The van der Waals surface area contributed by atoms with Crippen molar-refractivity contribution in [3.63, 3.8) is 0 Å². The molecule has 2 aromatic carbocycles. The molecule has 31 heavy (non-hydrogen) atoms. The lowest BCUT2D eigenvalue weighted by atomic mass is 10.1. The van der Waals surface area contributed by atoms with Crippen molar-refractivity contribution in [2.45, 2.75) is 34.6 Å². The van der Waals surface area contributed by atoms with Crippen molar-refractivity contribution in [1.29, 1.82) is 0 Å². The van der Waals surface area contributed by atoms with Gasteiger partial charge in [0.1, 0.15) is 11.5 Å². The van der Waals surface area contributed by atoms with Gasteiger partial charge in [-0.2, -0.15) is 8.42 Å². The predicted molar refractivity (Wildman–Crippen MR) is 120 cm³/mol. The fourth-order valence-electron chi connectivity index (χ4n) is 2.93. The van der Waals surface area contributed by atoms with Gasteiger partial charge in [0.15, 0.2) is 23.0 Å². The second-order valence-electron chi connectivity index (χ2n) is 6.80. The average Bonchev–Trinajstić information content (AvgIpc) is 2.70. The van der Waals surface area contributed by atoms with Gasteiger partial charge in [-0.1, -0.05) is 0 Å². The molecule has 0 saturated heterocycles. The van der Waals surface area contributed by atoms with Gasteiger partial charge in [0.05, 0.1) is 34.2 Å². The molecule has 0 amide bonds. The fraction of sp³-hybridized carbons (Fsp3) is 0.455. The molecule has 0 heterocycles. The first kappa shape index (κ1) is 26.2. The van der Waals surface area contributed by atoms with Crippen molar-refractivity contribution in [1.82, 2.24) is 0 Å². The third kappa shape index (κ3) is 6.58. The molecule has 0 aliphatic heterocycles. The third-order valence-corrected chi connectivity index (χ3v) is 4.90. The Bertz CT molecular complexity index is 1010. The highest BCUT2D eigenvalue weighted by Crippen LogP contribution is 2.41. The molecule has 0 bridgehead atoms. The number of rotatable bonds is 7. The summed E-state index contributed by atoms with van der Waals surface area (Å²) < 4.78 is 48.1. The highest BCUT2D eigenvalue weighted by molar-refractivity contribution is 7.86. The first-order chi connectivity index (χ1) is 14.4. The molecule has 8 nitrogen and oxygen atoms in total. The molecule has 9 heteroatoms. The van der Waals surface area contributed by atoms with Gasteiger partial charge < -0.3 is 28.2 Å². The van der Waals surface area contributed by atoms with Crippen LogP contribution >= 0.6 is 0 Å². The average molecular weight is 457 g/mol. The summed E-state index contributed by atoms with van der Waals surface area (Å²) in [6.45, 7) is 9.61. The standard InChI is InChI=1S/C11H16O5S.C11H16O3/c1-7-6-9(14-3)8(2)11(10(7)15-4)16-17(5,12)13;1-5-14-11-7(2)6-9(13-4)8(3)10(11)12/h6H,1-5H3;6,12H,5H2,1-4H3. The monoisotopic (exact) mass is 456 g/mol. The lowest BCUT2D eigenvalue weighted by molar-refractivity contribution is 0.312. The molecule has 0 aliphatic carbocycles.